The van der Waals surface area contributed by atoms with E-state index in [4.69, 9.17) is 44.3 Å². The van der Waals surface area contributed by atoms with Gasteiger partial charge in [0.2, 0.25) is 5.88 Å². The Hall–Kier alpha value is -1.93. The molecule has 0 fully saturated rings. The molecule has 0 unspecified atom stereocenters. The second-order valence-corrected chi connectivity index (χ2v) is 9.98. The van der Waals surface area contributed by atoms with Crippen molar-refractivity contribution < 1.29 is 22.6 Å². The maximum atomic E-state index is 12.8. The number of hydrogen-bond donors (Lipinski definition) is 0. The van der Waals surface area contributed by atoms with Gasteiger partial charge in [0.15, 0.2) is 0 Å². The molecule has 0 aliphatic heterocycles. The topological polar surface area (TPSA) is 31.4 Å². The molecule has 0 spiro atoms. The number of hydrogen-bond acceptors (Lipinski definition) is 3. The highest BCUT2D eigenvalue weighted by atomic mass is 79.9. The summed E-state index contributed by atoms with van der Waals surface area (Å²) in [5, 5.41) is -0.227. The molecule has 180 valence electrons. The number of alkyl halides is 3. The molecular weight excluding hydrogens is 578 g/mol. The van der Waals surface area contributed by atoms with Gasteiger partial charge >= 0.3 is 6.18 Å². The highest BCUT2D eigenvalue weighted by molar-refractivity contribution is 9.10. The van der Waals surface area contributed by atoms with Crippen LogP contribution in [0.1, 0.15) is 30.5 Å². The molecule has 0 radical (unpaired) electrons. The van der Waals surface area contributed by atoms with E-state index in [2.05, 4.69) is 34.8 Å². The SMILES string of the molecule is CC(C)(c1ccc(Oc2ncc(C(F)(F)F)cc2Cl)cc1)c1ccc(OCC=C(Cl)Cl)c(Br)c1. The second-order valence-electron chi connectivity index (χ2n) is 7.71. The summed E-state index contributed by atoms with van der Waals surface area (Å²) in [6, 6.07) is 13.7. The first kappa shape index (κ1) is 26.7. The number of pyridine rings is 1. The third-order valence-electron chi connectivity index (χ3n) is 5.06. The lowest BCUT2D eigenvalue weighted by molar-refractivity contribution is -0.137. The Balaban J connectivity index is 1.76. The number of halogens is 7. The molecule has 0 bridgehead atoms. The smallest absolute Gasteiger partial charge is 0.417 e. The van der Waals surface area contributed by atoms with Crippen LogP contribution in [-0.4, -0.2) is 11.6 Å². The van der Waals surface area contributed by atoms with Gasteiger partial charge in [0.25, 0.3) is 0 Å². The first-order valence-electron chi connectivity index (χ1n) is 9.83. The van der Waals surface area contributed by atoms with Gasteiger partial charge in [-0.2, -0.15) is 13.2 Å². The van der Waals surface area contributed by atoms with Crippen molar-refractivity contribution in [1.82, 2.24) is 4.98 Å². The predicted octanol–water partition coefficient (Wildman–Crippen LogP) is 9.33. The second kappa shape index (κ2) is 10.8. The van der Waals surface area contributed by atoms with Gasteiger partial charge in [-0.3, -0.25) is 0 Å². The summed E-state index contributed by atoms with van der Waals surface area (Å²) in [5.41, 5.74) is 0.703. The van der Waals surface area contributed by atoms with E-state index in [1.54, 1.807) is 18.2 Å². The Bertz CT molecular complexity index is 1200. The van der Waals surface area contributed by atoms with E-state index in [0.717, 1.165) is 21.7 Å². The third-order valence-corrected chi connectivity index (χ3v) is 6.25. The van der Waals surface area contributed by atoms with Gasteiger partial charge in [0.1, 0.15) is 27.6 Å². The summed E-state index contributed by atoms with van der Waals surface area (Å²) < 4.78 is 50.5. The Morgan fingerprint density at radius 3 is 2.21 bits per heavy atom. The van der Waals surface area contributed by atoms with E-state index in [1.165, 1.54) is 0 Å². The number of benzene rings is 2. The normalized spacial score (nSPS) is 11.8. The Labute approximate surface area is 218 Å². The van der Waals surface area contributed by atoms with Crippen LogP contribution in [0.5, 0.6) is 17.4 Å². The molecule has 0 aliphatic rings. The van der Waals surface area contributed by atoms with Gasteiger partial charge in [-0.05, 0) is 63.5 Å². The van der Waals surface area contributed by atoms with Gasteiger partial charge in [-0.1, -0.05) is 66.8 Å². The van der Waals surface area contributed by atoms with E-state index < -0.39 is 11.7 Å². The Morgan fingerprint density at radius 2 is 1.65 bits per heavy atom. The quantitative estimate of drug-likeness (QED) is 0.273. The molecule has 1 aromatic heterocycles. The molecule has 0 N–H and O–H groups in total. The van der Waals surface area contributed by atoms with E-state index in [9.17, 15) is 13.2 Å². The monoisotopic (exact) mass is 593 g/mol. The fourth-order valence-electron chi connectivity index (χ4n) is 3.07. The average molecular weight is 596 g/mol. The van der Waals surface area contributed by atoms with E-state index in [1.807, 2.05) is 30.3 Å². The summed E-state index contributed by atoms with van der Waals surface area (Å²) in [6.07, 6.45) is -2.30. The van der Waals surface area contributed by atoms with Crippen molar-refractivity contribution in [2.24, 2.45) is 0 Å². The first-order chi connectivity index (χ1) is 15.9. The molecule has 34 heavy (non-hydrogen) atoms. The van der Waals surface area contributed by atoms with Gasteiger partial charge < -0.3 is 9.47 Å². The van der Waals surface area contributed by atoms with Crippen LogP contribution in [-0.2, 0) is 11.6 Å². The zero-order valence-electron chi connectivity index (χ0n) is 17.9. The Morgan fingerprint density at radius 1 is 1.00 bits per heavy atom. The fourth-order valence-corrected chi connectivity index (χ4v) is 3.90. The van der Waals surface area contributed by atoms with E-state index >= 15 is 0 Å². The van der Waals surface area contributed by atoms with Crippen LogP contribution in [0.4, 0.5) is 13.2 Å². The maximum Gasteiger partial charge on any atom is 0.417 e. The van der Waals surface area contributed by atoms with Gasteiger partial charge in [0, 0.05) is 11.6 Å². The lowest BCUT2D eigenvalue weighted by atomic mass is 9.78. The van der Waals surface area contributed by atoms with Crippen LogP contribution in [0.3, 0.4) is 0 Å². The van der Waals surface area contributed by atoms with Gasteiger partial charge in [-0.15, -0.1) is 0 Å². The largest absolute Gasteiger partial charge is 0.488 e. The van der Waals surface area contributed by atoms with Crippen LogP contribution in [0.15, 0.2) is 69.8 Å². The van der Waals surface area contributed by atoms with Crippen molar-refractivity contribution in [3.8, 4) is 17.4 Å². The van der Waals surface area contributed by atoms with Crippen molar-refractivity contribution in [2.45, 2.75) is 25.4 Å². The third kappa shape index (κ3) is 6.60. The zero-order chi connectivity index (χ0) is 25.1. The van der Waals surface area contributed by atoms with E-state index in [-0.39, 0.29) is 27.4 Å². The maximum absolute atomic E-state index is 12.8. The minimum Gasteiger partial charge on any atom is -0.488 e. The average Bonchev–Trinajstić information content (AvgIpc) is 2.75. The molecule has 3 aromatic rings. The van der Waals surface area contributed by atoms with Gasteiger partial charge in [-0.25, -0.2) is 4.98 Å². The van der Waals surface area contributed by atoms with Crippen LogP contribution in [0.25, 0.3) is 0 Å². The van der Waals surface area contributed by atoms with Crippen molar-refractivity contribution >= 4 is 50.7 Å². The summed E-state index contributed by atoms with van der Waals surface area (Å²) >= 11 is 20.7. The van der Waals surface area contributed by atoms with Crippen molar-refractivity contribution in [1.29, 1.82) is 0 Å². The first-order valence-corrected chi connectivity index (χ1v) is 11.8. The minimum absolute atomic E-state index is 0.105. The van der Waals surface area contributed by atoms with Crippen LogP contribution < -0.4 is 9.47 Å². The molecular formula is C24H18BrCl3F3NO2. The number of ether oxygens (including phenoxy) is 2. The molecule has 0 amide bonds. The minimum atomic E-state index is -4.53. The molecule has 3 nitrogen and oxygen atoms in total. The molecule has 2 aromatic carbocycles. The number of rotatable bonds is 7. The van der Waals surface area contributed by atoms with Crippen molar-refractivity contribution in [3.63, 3.8) is 0 Å². The highest BCUT2D eigenvalue weighted by Gasteiger charge is 2.32. The summed E-state index contributed by atoms with van der Waals surface area (Å²) in [5.74, 6) is 0.936. The summed E-state index contributed by atoms with van der Waals surface area (Å²) in [4.78, 5) is 3.70. The molecule has 1 heterocycles. The Kier molecular flexibility index (Phi) is 8.45. The zero-order valence-corrected chi connectivity index (χ0v) is 21.7. The lowest BCUT2D eigenvalue weighted by Crippen LogP contribution is -2.18. The van der Waals surface area contributed by atoms with Crippen LogP contribution >= 0.6 is 50.7 Å². The lowest BCUT2D eigenvalue weighted by Gasteiger charge is -2.27. The van der Waals surface area contributed by atoms with Crippen LogP contribution in [0, 0.1) is 0 Å². The molecule has 3 rings (SSSR count). The fraction of sp³-hybridized carbons (Fsp3) is 0.208. The van der Waals surface area contributed by atoms with Crippen molar-refractivity contribution in [2.75, 3.05) is 6.61 Å². The molecule has 0 atom stereocenters. The number of aromatic nitrogens is 1. The standard InChI is InChI=1S/C24H18BrCl3F3NO2/c1-23(2,15-5-8-20(18(25)11-15)33-10-9-21(27)28)14-3-6-17(7-4-14)34-22-19(26)12-16(13-32-22)24(29,30)31/h3-9,11-13H,10H2,1-2H3. The van der Waals surface area contributed by atoms with Crippen LogP contribution in [0.2, 0.25) is 5.02 Å². The molecule has 10 heteroatoms. The molecule has 0 saturated carbocycles. The van der Waals surface area contributed by atoms with Crippen molar-refractivity contribution in [3.05, 3.63) is 91.5 Å². The molecule has 0 saturated heterocycles. The van der Waals surface area contributed by atoms with E-state index in [0.29, 0.717) is 17.7 Å². The van der Waals surface area contributed by atoms with Gasteiger partial charge in [0.05, 0.1) is 10.0 Å². The summed E-state index contributed by atoms with van der Waals surface area (Å²) in [7, 11) is 0. The highest BCUT2D eigenvalue weighted by Crippen LogP contribution is 2.38. The summed E-state index contributed by atoms with van der Waals surface area (Å²) in [6.45, 7) is 4.37. The number of nitrogens with zero attached hydrogens (tertiary/aromatic N) is 1. The predicted molar refractivity (Wildman–Crippen MR) is 132 cm³/mol. The molecule has 0 aliphatic carbocycles.